The van der Waals surface area contributed by atoms with Gasteiger partial charge in [0.15, 0.2) is 0 Å². The van der Waals surface area contributed by atoms with Gasteiger partial charge in [-0.05, 0) is 60.2 Å². The lowest BCUT2D eigenvalue weighted by molar-refractivity contribution is -0.145. The van der Waals surface area contributed by atoms with Crippen LogP contribution in [-0.4, -0.2) is 40.5 Å². The van der Waals surface area contributed by atoms with Gasteiger partial charge in [0.2, 0.25) is 11.8 Å². The van der Waals surface area contributed by atoms with Crippen molar-refractivity contribution in [3.8, 4) is 5.75 Å². The predicted octanol–water partition coefficient (Wildman–Crippen LogP) is 4.39. The molecule has 2 amide bonds. The maximum Gasteiger partial charge on any atom is 0.228 e. The molecule has 1 heterocycles. The third kappa shape index (κ3) is 7.38. The summed E-state index contributed by atoms with van der Waals surface area (Å²) in [6.07, 6.45) is 0.176. The summed E-state index contributed by atoms with van der Waals surface area (Å²) >= 11 is 0. The molecule has 1 saturated heterocycles. The number of hydrogen-bond acceptors (Lipinski definition) is 4. The largest absolute Gasteiger partial charge is 0.489 e. The lowest BCUT2D eigenvalue weighted by Crippen LogP contribution is -2.53. The number of ether oxygens (including phenoxy) is 1. The van der Waals surface area contributed by atoms with Gasteiger partial charge < -0.3 is 20.1 Å². The highest BCUT2D eigenvalue weighted by Crippen LogP contribution is 2.27. The number of halogens is 2. The van der Waals surface area contributed by atoms with Crippen LogP contribution in [0.1, 0.15) is 36.5 Å². The summed E-state index contributed by atoms with van der Waals surface area (Å²) in [5, 5.41) is 14.0. The maximum absolute atomic E-state index is 14.5. The molecule has 200 valence electrons. The molecule has 0 saturated carbocycles. The van der Waals surface area contributed by atoms with Crippen LogP contribution in [0.4, 0.5) is 8.78 Å². The Hall–Kier alpha value is -3.78. The number of likely N-dealkylation sites (tertiary alicyclic amines) is 1. The highest BCUT2D eigenvalue weighted by atomic mass is 19.1. The van der Waals surface area contributed by atoms with E-state index in [0.717, 1.165) is 17.5 Å². The van der Waals surface area contributed by atoms with E-state index in [4.69, 9.17) is 4.74 Å². The lowest BCUT2D eigenvalue weighted by atomic mass is 9.85. The van der Waals surface area contributed by atoms with E-state index in [-0.39, 0.29) is 36.4 Å². The van der Waals surface area contributed by atoms with Gasteiger partial charge in [0.05, 0.1) is 18.1 Å². The molecular weight excluding hydrogens is 490 g/mol. The number of carbonyl (C=O) groups is 2. The fourth-order valence-electron chi connectivity index (χ4n) is 4.87. The van der Waals surface area contributed by atoms with Gasteiger partial charge in [-0.15, -0.1) is 0 Å². The molecule has 0 unspecified atom stereocenters. The molecule has 1 aliphatic rings. The van der Waals surface area contributed by atoms with Crippen molar-refractivity contribution in [2.45, 2.75) is 51.5 Å². The van der Waals surface area contributed by atoms with E-state index in [1.807, 2.05) is 30.3 Å². The number of aliphatic hydroxyl groups is 1. The second-order valence-corrected chi connectivity index (χ2v) is 9.71. The quantitative estimate of drug-likeness (QED) is 0.414. The van der Waals surface area contributed by atoms with Crippen LogP contribution in [0.25, 0.3) is 0 Å². The number of amides is 2. The monoisotopic (exact) mass is 522 g/mol. The zero-order chi connectivity index (χ0) is 27.1. The van der Waals surface area contributed by atoms with Crippen molar-refractivity contribution >= 4 is 11.8 Å². The Morgan fingerprint density at radius 2 is 1.76 bits per heavy atom. The number of nitrogens with one attached hydrogen (secondary N) is 1. The summed E-state index contributed by atoms with van der Waals surface area (Å²) < 4.78 is 33.3. The van der Waals surface area contributed by atoms with Crippen molar-refractivity contribution in [2.75, 3.05) is 6.54 Å². The first-order chi connectivity index (χ1) is 18.3. The number of piperidine rings is 1. The molecule has 1 fully saturated rings. The molecule has 0 spiro atoms. The van der Waals surface area contributed by atoms with E-state index in [1.54, 1.807) is 23.1 Å². The standard InChI is InChI=1S/C30H32F2N2O4/c1-20(35)33-28(29(36)27-8-5-13-34(30(27)37)18-21-6-3-2-4-7-21)16-23-14-25(32)17-26(15-23)38-19-22-9-11-24(31)12-10-22/h2-4,6-7,9-12,14-15,17,27-29,36H,5,8,13,16,18-19H2,1H3,(H,33,35)/t27-,28-,29+/m0/s1. The van der Waals surface area contributed by atoms with Gasteiger partial charge in [0.25, 0.3) is 0 Å². The normalized spacial score (nSPS) is 17.1. The van der Waals surface area contributed by atoms with Crippen molar-refractivity contribution in [2.24, 2.45) is 5.92 Å². The number of carbonyl (C=O) groups excluding carboxylic acids is 2. The molecule has 0 radical (unpaired) electrons. The van der Waals surface area contributed by atoms with Crippen molar-refractivity contribution in [3.63, 3.8) is 0 Å². The van der Waals surface area contributed by atoms with Crippen molar-refractivity contribution in [1.82, 2.24) is 10.2 Å². The maximum atomic E-state index is 14.5. The summed E-state index contributed by atoms with van der Waals surface area (Å²) in [6, 6.07) is 18.9. The zero-order valence-corrected chi connectivity index (χ0v) is 21.3. The van der Waals surface area contributed by atoms with Crippen molar-refractivity contribution in [3.05, 3.63) is 101 Å². The zero-order valence-electron chi connectivity index (χ0n) is 21.3. The van der Waals surface area contributed by atoms with E-state index in [1.165, 1.54) is 31.2 Å². The molecule has 0 aromatic heterocycles. The summed E-state index contributed by atoms with van der Waals surface area (Å²) in [5.74, 6) is -1.83. The van der Waals surface area contributed by atoms with Crippen LogP contribution in [0.3, 0.4) is 0 Å². The Labute approximate surface area is 221 Å². The second-order valence-electron chi connectivity index (χ2n) is 9.71. The van der Waals surface area contributed by atoms with Gasteiger partial charge in [-0.3, -0.25) is 9.59 Å². The minimum Gasteiger partial charge on any atom is -0.489 e. The first kappa shape index (κ1) is 27.3. The van der Waals surface area contributed by atoms with E-state index in [9.17, 15) is 23.5 Å². The summed E-state index contributed by atoms with van der Waals surface area (Å²) in [7, 11) is 0. The Morgan fingerprint density at radius 1 is 1.03 bits per heavy atom. The van der Waals surface area contributed by atoms with E-state index < -0.39 is 23.9 Å². The molecule has 8 heteroatoms. The Morgan fingerprint density at radius 3 is 2.47 bits per heavy atom. The molecule has 1 aliphatic heterocycles. The van der Waals surface area contributed by atoms with Gasteiger partial charge in [-0.2, -0.15) is 0 Å². The summed E-state index contributed by atoms with van der Waals surface area (Å²) in [5.41, 5.74) is 2.23. The van der Waals surface area contributed by atoms with Crippen molar-refractivity contribution < 1.29 is 28.2 Å². The van der Waals surface area contributed by atoms with E-state index in [0.29, 0.717) is 25.1 Å². The first-order valence-corrected chi connectivity index (χ1v) is 12.7. The van der Waals surface area contributed by atoms with Gasteiger partial charge in [0, 0.05) is 26.1 Å². The highest BCUT2D eigenvalue weighted by Gasteiger charge is 2.38. The SMILES string of the molecule is CC(=O)N[C@@H](Cc1cc(F)cc(OCc2ccc(F)cc2)c1)[C@H](O)[C@@H]1CCCN(Cc2ccccc2)C1=O. The average Bonchev–Trinajstić information content (AvgIpc) is 2.89. The van der Waals surface area contributed by atoms with Crippen LogP contribution >= 0.6 is 0 Å². The van der Waals surface area contributed by atoms with Crippen LogP contribution in [0, 0.1) is 17.6 Å². The average molecular weight is 523 g/mol. The molecule has 0 bridgehead atoms. The molecule has 3 aromatic rings. The highest BCUT2D eigenvalue weighted by molar-refractivity contribution is 5.80. The van der Waals surface area contributed by atoms with Crippen molar-refractivity contribution in [1.29, 1.82) is 0 Å². The third-order valence-electron chi connectivity index (χ3n) is 6.71. The smallest absolute Gasteiger partial charge is 0.228 e. The van der Waals surface area contributed by atoms with Crippen LogP contribution in [0.5, 0.6) is 5.75 Å². The number of benzene rings is 3. The molecule has 4 rings (SSSR count). The van der Waals surface area contributed by atoms with Gasteiger partial charge in [0.1, 0.15) is 24.0 Å². The molecule has 6 nitrogen and oxygen atoms in total. The van der Waals surface area contributed by atoms with E-state index >= 15 is 0 Å². The molecule has 2 N–H and O–H groups in total. The molecule has 38 heavy (non-hydrogen) atoms. The number of hydrogen-bond donors (Lipinski definition) is 2. The predicted molar refractivity (Wildman–Crippen MR) is 139 cm³/mol. The number of nitrogens with zero attached hydrogens (tertiary/aromatic N) is 1. The Kier molecular flexibility index (Phi) is 9.07. The minimum absolute atomic E-state index is 0.105. The minimum atomic E-state index is -1.16. The van der Waals surface area contributed by atoms with Gasteiger partial charge >= 0.3 is 0 Å². The van der Waals surface area contributed by atoms with Gasteiger partial charge in [-0.25, -0.2) is 8.78 Å². The van der Waals surface area contributed by atoms with Crippen LogP contribution in [0.2, 0.25) is 0 Å². The molecule has 3 atom stereocenters. The lowest BCUT2D eigenvalue weighted by Gasteiger charge is -2.37. The Bertz CT molecular complexity index is 1240. The molecule has 3 aromatic carbocycles. The molecular formula is C30H32F2N2O4. The number of rotatable bonds is 10. The fraction of sp³-hybridized carbons (Fsp3) is 0.333. The van der Waals surface area contributed by atoms with Crippen LogP contribution in [0.15, 0.2) is 72.8 Å². The summed E-state index contributed by atoms with van der Waals surface area (Å²) in [4.78, 5) is 27.0. The fourth-order valence-corrected chi connectivity index (χ4v) is 4.87. The van der Waals surface area contributed by atoms with Gasteiger partial charge in [-0.1, -0.05) is 42.5 Å². The topological polar surface area (TPSA) is 78.9 Å². The van der Waals surface area contributed by atoms with Crippen LogP contribution < -0.4 is 10.1 Å². The first-order valence-electron chi connectivity index (χ1n) is 12.7. The van der Waals surface area contributed by atoms with E-state index in [2.05, 4.69) is 5.32 Å². The molecule has 0 aliphatic carbocycles. The second kappa shape index (κ2) is 12.6. The Balaban J connectivity index is 1.46. The van der Waals surface area contributed by atoms with Crippen LogP contribution in [-0.2, 0) is 29.2 Å². The number of aliphatic hydroxyl groups excluding tert-OH is 1. The summed E-state index contributed by atoms with van der Waals surface area (Å²) in [6.45, 7) is 2.51. The third-order valence-corrected chi connectivity index (χ3v) is 6.71.